The lowest BCUT2D eigenvalue weighted by Crippen LogP contribution is -2.24. The normalized spacial score (nSPS) is 13.2. The van der Waals surface area contributed by atoms with Gasteiger partial charge in [-0.1, -0.05) is 18.2 Å². The fourth-order valence-corrected chi connectivity index (χ4v) is 3.63. The quantitative estimate of drug-likeness (QED) is 0.372. The van der Waals surface area contributed by atoms with Crippen LogP contribution in [0.1, 0.15) is 24.0 Å². The summed E-state index contributed by atoms with van der Waals surface area (Å²) in [5.41, 5.74) is 3.76. The van der Waals surface area contributed by atoms with Gasteiger partial charge in [-0.05, 0) is 73.4 Å². The largest absolute Gasteiger partial charge is 0.455 e. The molecular formula is C27H25N5O2. The third-order valence-electron chi connectivity index (χ3n) is 5.61. The van der Waals surface area contributed by atoms with E-state index in [4.69, 9.17) is 4.74 Å². The van der Waals surface area contributed by atoms with Crippen molar-refractivity contribution in [3.8, 4) is 11.5 Å². The summed E-state index contributed by atoms with van der Waals surface area (Å²) in [5, 5.41) is 7.27. The third kappa shape index (κ3) is 5.20. The number of aromatic nitrogens is 3. The molecule has 7 nitrogen and oxygen atoms in total. The molecule has 4 aromatic rings. The molecule has 1 aliphatic carbocycles. The minimum atomic E-state index is 0.148. The zero-order valence-corrected chi connectivity index (χ0v) is 18.9. The van der Waals surface area contributed by atoms with Gasteiger partial charge in [-0.2, -0.15) is 0 Å². The van der Waals surface area contributed by atoms with Crippen molar-refractivity contribution in [1.82, 2.24) is 20.3 Å². The number of carbonyl (C=O) groups excluding carboxylic acids is 1. The maximum atomic E-state index is 11.8. The summed E-state index contributed by atoms with van der Waals surface area (Å²) in [6, 6.07) is 15.6. The fraction of sp³-hybridized carbons (Fsp3) is 0.185. The first kappa shape index (κ1) is 21.6. The van der Waals surface area contributed by atoms with Crippen LogP contribution in [0.5, 0.6) is 11.5 Å². The Morgan fingerprint density at radius 2 is 2.06 bits per heavy atom. The third-order valence-corrected chi connectivity index (χ3v) is 5.61. The first-order valence-corrected chi connectivity index (χ1v) is 11.3. The van der Waals surface area contributed by atoms with Crippen LogP contribution in [-0.2, 0) is 4.79 Å². The second-order valence-corrected chi connectivity index (χ2v) is 8.32. The Morgan fingerprint density at radius 3 is 2.85 bits per heavy atom. The van der Waals surface area contributed by atoms with Gasteiger partial charge in [0, 0.05) is 29.7 Å². The standard InChI is InChI=1S/C27H25N5O2/c1-18-14-21(9-11-25(18)34-22-5-3-12-28-16-22)32-26-23-15-19(6-10-24(23)30-17-31-26)4-2-13-29-27(33)20-7-8-20/h2-6,9-12,14-17,20H,7-8,13H2,1H3,(H,29,33)(H,30,31,32)/b4-2+. The Balaban J connectivity index is 1.31. The van der Waals surface area contributed by atoms with E-state index < -0.39 is 0 Å². The molecule has 2 heterocycles. The van der Waals surface area contributed by atoms with Gasteiger partial charge in [-0.3, -0.25) is 9.78 Å². The number of aryl methyl sites for hydroxylation is 1. The van der Waals surface area contributed by atoms with Gasteiger partial charge in [-0.15, -0.1) is 0 Å². The summed E-state index contributed by atoms with van der Waals surface area (Å²) >= 11 is 0. The van der Waals surface area contributed by atoms with E-state index in [0.29, 0.717) is 12.3 Å². The predicted molar refractivity (Wildman–Crippen MR) is 133 cm³/mol. The summed E-state index contributed by atoms with van der Waals surface area (Å²) in [5.74, 6) is 2.56. The summed E-state index contributed by atoms with van der Waals surface area (Å²) in [6.07, 6.45) is 10.9. The highest BCUT2D eigenvalue weighted by Crippen LogP contribution is 2.30. The van der Waals surface area contributed by atoms with Crippen molar-refractivity contribution < 1.29 is 9.53 Å². The fourth-order valence-electron chi connectivity index (χ4n) is 3.63. The zero-order chi connectivity index (χ0) is 23.3. The molecule has 170 valence electrons. The Morgan fingerprint density at radius 1 is 1.15 bits per heavy atom. The topological polar surface area (TPSA) is 89.0 Å². The molecule has 2 aromatic heterocycles. The SMILES string of the molecule is Cc1cc(Nc2ncnc3ccc(/C=C/CNC(=O)C4CC4)cc23)ccc1Oc1cccnc1. The average Bonchev–Trinajstić information content (AvgIpc) is 3.70. The summed E-state index contributed by atoms with van der Waals surface area (Å²) in [7, 11) is 0. The maximum absolute atomic E-state index is 11.8. The first-order chi connectivity index (χ1) is 16.7. The molecular weight excluding hydrogens is 426 g/mol. The molecule has 0 radical (unpaired) electrons. The molecule has 34 heavy (non-hydrogen) atoms. The molecule has 0 spiro atoms. The summed E-state index contributed by atoms with van der Waals surface area (Å²) < 4.78 is 5.93. The van der Waals surface area contributed by atoms with Gasteiger partial charge in [0.2, 0.25) is 5.91 Å². The molecule has 0 atom stereocenters. The first-order valence-electron chi connectivity index (χ1n) is 11.3. The van der Waals surface area contributed by atoms with Crippen LogP contribution in [0.25, 0.3) is 17.0 Å². The Kier molecular flexibility index (Phi) is 6.16. The minimum absolute atomic E-state index is 0.148. The number of ether oxygens (including phenoxy) is 1. The molecule has 2 N–H and O–H groups in total. The number of nitrogens with zero attached hydrogens (tertiary/aromatic N) is 3. The molecule has 1 saturated carbocycles. The maximum Gasteiger partial charge on any atom is 0.223 e. The van der Waals surface area contributed by atoms with Crippen molar-refractivity contribution in [2.45, 2.75) is 19.8 Å². The van der Waals surface area contributed by atoms with Crippen molar-refractivity contribution in [3.05, 3.63) is 84.5 Å². The number of pyridine rings is 1. The van der Waals surface area contributed by atoms with Gasteiger partial charge in [-0.25, -0.2) is 9.97 Å². The van der Waals surface area contributed by atoms with E-state index >= 15 is 0 Å². The zero-order valence-electron chi connectivity index (χ0n) is 18.9. The lowest BCUT2D eigenvalue weighted by atomic mass is 10.1. The van der Waals surface area contributed by atoms with Crippen LogP contribution >= 0.6 is 0 Å². The van der Waals surface area contributed by atoms with Crippen molar-refractivity contribution in [1.29, 1.82) is 0 Å². The van der Waals surface area contributed by atoms with Crippen molar-refractivity contribution in [3.63, 3.8) is 0 Å². The lowest BCUT2D eigenvalue weighted by molar-refractivity contribution is -0.122. The van der Waals surface area contributed by atoms with Crippen molar-refractivity contribution in [2.24, 2.45) is 5.92 Å². The predicted octanol–water partition coefficient (Wildman–Crippen LogP) is 5.41. The number of hydrogen-bond acceptors (Lipinski definition) is 6. The number of fused-ring (bicyclic) bond motifs is 1. The van der Waals surface area contributed by atoms with Crippen molar-refractivity contribution >= 4 is 34.4 Å². The highest BCUT2D eigenvalue weighted by atomic mass is 16.5. The van der Waals surface area contributed by atoms with E-state index in [-0.39, 0.29) is 11.8 Å². The number of carbonyl (C=O) groups is 1. The van der Waals surface area contributed by atoms with Gasteiger partial charge < -0.3 is 15.4 Å². The van der Waals surface area contributed by atoms with E-state index in [0.717, 1.165) is 52.1 Å². The van der Waals surface area contributed by atoms with Gasteiger partial charge >= 0.3 is 0 Å². The van der Waals surface area contributed by atoms with Crippen LogP contribution in [0.2, 0.25) is 0 Å². The van der Waals surface area contributed by atoms with Crippen LogP contribution in [-0.4, -0.2) is 27.4 Å². The summed E-state index contributed by atoms with van der Waals surface area (Å²) in [6.45, 7) is 2.52. The molecule has 1 fully saturated rings. The highest BCUT2D eigenvalue weighted by Gasteiger charge is 2.28. The van der Waals surface area contributed by atoms with Gasteiger partial charge in [0.05, 0.1) is 11.7 Å². The number of rotatable bonds is 8. The number of nitrogens with one attached hydrogen (secondary N) is 2. The lowest BCUT2D eigenvalue weighted by Gasteiger charge is -2.12. The smallest absolute Gasteiger partial charge is 0.223 e. The second-order valence-electron chi connectivity index (χ2n) is 8.32. The molecule has 1 amide bonds. The second kappa shape index (κ2) is 9.70. The van der Waals surface area contributed by atoms with Gasteiger partial charge in [0.15, 0.2) is 0 Å². The summed E-state index contributed by atoms with van der Waals surface area (Å²) in [4.78, 5) is 24.7. The van der Waals surface area contributed by atoms with E-state index in [1.807, 2.05) is 67.6 Å². The number of amides is 1. The minimum Gasteiger partial charge on any atom is -0.455 e. The molecule has 1 aliphatic rings. The van der Waals surface area contributed by atoms with Gasteiger partial charge in [0.25, 0.3) is 0 Å². The van der Waals surface area contributed by atoms with Crippen molar-refractivity contribution in [2.75, 3.05) is 11.9 Å². The highest BCUT2D eigenvalue weighted by molar-refractivity contribution is 5.92. The van der Waals surface area contributed by atoms with Crippen LogP contribution in [0.3, 0.4) is 0 Å². The van der Waals surface area contributed by atoms with Crippen LogP contribution < -0.4 is 15.4 Å². The van der Waals surface area contributed by atoms with E-state index in [2.05, 4.69) is 25.6 Å². The molecule has 0 saturated heterocycles. The number of benzene rings is 2. The molecule has 0 aliphatic heterocycles. The van der Waals surface area contributed by atoms with E-state index in [9.17, 15) is 4.79 Å². The Bertz CT molecular complexity index is 1350. The number of anilines is 2. The molecule has 7 heteroatoms. The molecule has 2 aromatic carbocycles. The Labute approximate surface area is 197 Å². The monoisotopic (exact) mass is 451 g/mol. The van der Waals surface area contributed by atoms with Crippen LogP contribution in [0, 0.1) is 12.8 Å². The average molecular weight is 452 g/mol. The van der Waals surface area contributed by atoms with E-state index in [1.165, 1.54) is 0 Å². The Hall–Kier alpha value is -4.26. The molecule has 0 bridgehead atoms. The van der Waals surface area contributed by atoms with Crippen LogP contribution in [0.4, 0.5) is 11.5 Å². The molecule has 5 rings (SSSR count). The van der Waals surface area contributed by atoms with E-state index in [1.54, 1.807) is 18.7 Å². The van der Waals surface area contributed by atoms with Crippen LogP contribution in [0.15, 0.2) is 73.3 Å². The molecule has 0 unspecified atom stereocenters. The van der Waals surface area contributed by atoms with Gasteiger partial charge in [0.1, 0.15) is 23.6 Å². The number of hydrogen-bond donors (Lipinski definition) is 2.